The first-order chi connectivity index (χ1) is 22.3. The zero-order valence-corrected chi connectivity index (χ0v) is 24.0. The molecule has 0 amide bonds. The van der Waals surface area contributed by atoms with E-state index < -0.39 is 0 Å². The van der Waals surface area contributed by atoms with E-state index in [2.05, 4.69) is 78.9 Å². The van der Waals surface area contributed by atoms with Gasteiger partial charge in [-0.3, -0.25) is 0 Å². The van der Waals surface area contributed by atoms with Gasteiger partial charge in [-0.15, -0.1) is 0 Å². The van der Waals surface area contributed by atoms with Gasteiger partial charge in [-0.1, -0.05) is 127 Å². The summed E-state index contributed by atoms with van der Waals surface area (Å²) >= 11 is 0. The van der Waals surface area contributed by atoms with Crippen molar-refractivity contribution in [3.8, 4) is 45.3 Å². The molecule has 0 aliphatic heterocycles. The highest BCUT2D eigenvalue weighted by molar-refractivity contribution is 6.40. The van der Waals surface area contributed by atoms with E-state index in [-0.39, 0.29) is 0 Å². The molecule has 10 rings (SSSR count). The van der Waals surface area contributed by atoms with Gasteiger partial charge in [0.05, 0.1) is 0 Å². The van der Waals surface area contributed by atoms with Gasteiger partial charge in [-0.25, -0.2) is 15.0 Å². The summed E-state index contributed by atoms with van der Waals surface area (Å²) in [6.07, 6.45) is 0. The number of aromatic nitrogens is 3. The first kappa shape index (κ1) is 24.3. The summed E-state index contributed by atoms with van der Waals surface area (Å²) in [5.41, 5.74) is 6.85. The predicted molar refractivity (Wildman–Crippen MR) is 184 cm³/mol. The zero-order chi connectivity index (χ0) is 29.5. The van der Waals surface area contributed by atoms with Gasteiger partial charge in [-0.2, -0.15) is 0 Å². The highest BCUT2D eigenvalue weighted by Crippen LogP contribution is 2.49. The maximum Gasteiger partial charge on any atom is 0.164 e. The molecule has 0 bridgehead atoms. The number of hydrogen-bond donors (Lipinski definition) is 0. The largest absolute Gasteiger partial charge is 0.455 e. The van der Waals surface area contributed by atoms with Crippen LogP contribution in [-0.4, -0.2) is 15.0 Å². The molecule has 45 heavy (non-hydrogen) atoms. The van der Waals surface area contributed by atoms with E-state index in [1.807, 2.05) is 60.7 Å². The lowest BCUT2D eigenvalue weighted by Crippen LogP contribution is -2.00. The van der Waals surface area contributed by atoms with Crippen LogP contribution in [0.5, 0.6) is 0 Å². The molecule has 8 aromatic carbocycles. The van der Waals surface area contributed by atoms with Crippen LogP contribution in [0, 0.1) is 0 Å². The predicted octanol–water partition coefficient (Wildman–Crippen LogP) is 10.8. The Balaban J connectivity index is 1.16. The van der Waals surface area contributed by atoms with E-state index in [1.165, 1.54) is 43.1 Å². The van der Waals surface area contributed by atoms with E-state index in [0.717, 1.165) is 39.0 Å². The minimum absolute atomic E-state index is 0.639. The molecule has 0 aliphatic rings. The molecule has 0 fully saturated rings. The Hall–Kier alpha value is -6.13. The van der Waals surface area contributed by atoms with Crippen molar-refractivity contribution < 1.29 is 4.42 Å². The first-order valence-electron chi connectivity index (χ1n) is 15.1. The van der Waals surface area contributed by atoms with Gasteiger partial charge in [0.2, 0.25) is 0 Å². The maximum atomic E-state index is 6.68. The molecule has 208 valence electrons. The van der Waals surface area contributed by atoms with Gasteiger partial charge in [0.25, 0.3) is 0 Å². The van der Waals surface area contributed by atoms with Crippen molar-refractivity contribution in [1.29, 1.82) is 0 Å². The van der Waals surface area contributed by atoms with Crippen LogP contribution in [0.3, 0.4) is 0 Å². The second-order valence-corrected chi connectivity index (χ2v) is 11.6. The van der Waals surface area contributed by atoms with Crippen molar-refractivity contribution in [2.24, 2.45) is 0 Å². The zero-order valence-electron chi connectivity index (χ0n) is 24.0. The van der Waals surface area contributed by atoms with Crippen LogP contribution in [0.2, 0.25) is 0 Å². The Labute approximate surface area is 257 Å². The second-order valence-electron chi connectivity index (χ2n) is 11.6. The lowest BCUT2D eigenvalue weighted by Gasteiger charge is -2.14. The number of benzene rings is 8. The quantitative estimate of drug-likeness (QED) is 0.155. The molecule has 0 spiro atoms. The van der Waals surface area contributed by atoms with Crippen molar-refractivity contribution >= 4 is 54.3 Å². The average molecular weight is 574 g/mol. The summed E-state index contributed by atoms with van der Waals surface area (Å²) in [4.78, 5) is 14.7. The summed E-state index contributed by atoms with van der Waals surface area (Å²) in [7, 11) is 0. The minimum Gasteiger partial charge on any atom is -0.455 e. The van der Waals surface area contributed by atoms with Gasteiger partial charge in [0.1, 0.15) is 11.2 Å². The average Bonchev–Trinajstić information content (AvgIpc) is 3.52. The van der Waals surface area contributed by atoms with Crippen LogP contribution >= 0.6 is 0 Å². The van der Waals surface area contributed by atoms with E-state index in [4.69, 9.17) is 19.4 Å². The van der Waals surface area contributed by atoms with Crippen LogP contribution in [0.4, 0.5) is 0 Å². The number of hydrogen-bond acceptors (Lipinski definition) is 4. The highest BCUT2D eigenvalue weighted by atomic mass is 16.3. The van der Waals surface area contributed by atoms with Crippen molar-refractivity contribution in [3.05, 3.63) is 140 Å². The van der Waals surface area contributed by atoms with Crippen molar-refractivity contribution in [1.82, 2.24) is 15.0 Å². The van der Waals surface area contributed by atoms with E-state index in [1.54, 1.807) is 0 Å². The topological polar surface area (TPSA) is 51.8 Å². The van der Waals surface area contributed by atoms with Crippen molar-refractivity contribution in [2.45, 2.75) is 0 Å². The van der Waals surface area contributed by atoms with E-state index in [9.17, 15) is 0 Å². The normalized spacial score (nSPS) is 12.0. The van der Waals surface area contributed by atoms with Gasteiger partial charge < -0.3 is 4.42 Å². The second kappa shape index (κ2) is 9.18. The SMILES string of the molecule is c1ccc(-c2nc(-c3ccccc3)nc(-c3ccc(-c4cc5ccc6cccc7c8cccc9oc4c(c98)c5c67)cc3)n2)cc1. The van der Waals surface area contributed by atoms with Crippen molar-refractivity contribution in [3.63, 3.8) is 0 Å². The molecule has 0 unspecified atom stereocenters. The van der Waals surface area contributed by atoms with Crippen LogP contribution < -0.4 is 0 Å². The van der Waals surface area contributed by atoms with Gasteiger partial charge in [0, 0.05) is 38.4 Å². The smallest absolute Gasteiger partial charge is 0.164 e. The molecule has 2 aromatic heterocycles. The third-order valence-corrected chi connectivity index (χ3v) is 9.03. The van der Waals surface area contributed by atoms with Crippen LogP contribution in [-0.2, 0) is 0 Å². The third-order valence-electron chi connectivity index (χ3n) is 9.03. The van der Waals surface area contributed by atoms with Gasteiger partial charge in [0.15, 0.2) is 17.5 Å². The third kappa shape index (κ3) is 3.57. The molecule has 0 saturated heterocycles. The summed E-state index contributed by atoms with van der Waals surface area (Å²) in [6, 6.07) is 48.4. The minimum atomic E-state index is 0.639. The summed E-state index contributed by atoms with van der Waals surface area (Å²) in [5, 5.41) is 9.99. The molecule has 10 aromatic rings. The number of fused-ring (bicyclic) bond motifs is 1. The molecule has 0 N–H and O–H groups in total. The van der Waals surface area contributed by atoms with Crippen LogP contribution in [0.15, 0.2) is 144 Å². The fourth-order valence-electron chi connectivity index (χ4n) is 6.98. The summed E-state index contributed by atoms with van der Waals surface area (Å²) in [5.74, 6) is 1.94. The van der Waals surface area contributed by atoms with Crippen LogP contribution in [0.1, 0.15) is 0 Å². The molecule has 4 nitrogen and oxygen atoms in total. The molecule has 0 saturated carbocycles. The Morgan fingerprint density at radius 2 is 0.933 bits per heavy atom. The van der Waals surface area contributed by atoms with E-state index in [0.29, 0.717) is 17.5 Å². The Morgan fingerprint density at radius 1 is 0.378 bits per heavy atom. The van der Waals surface area contributed by atoms with Gasteiger partial charge >= 0.3 is 0 Å². The fourth-order valence-corrected chi connectivity index (χ4v) is 6.98. The Bertz CT molecular complexity index is 2620. The van der Waals surface area contributed by atoms with Crippen molar-refractivity contribution in [2.75, 3.05) is 0 Å². The lowest BCUT2D eigenvalue weighted by atomic mass is 9.87. The Kier molecular flexibility index (Phi) is 4.96. The van der Waals surface area contributed by atoms with Crippen LogP contribution in [0.25, 0.3) is 99.5 Å². The summed E-state index contributed by atoms with van der Waals surface area (Å²) in [6.45, 7) is 0. The number of furan rings is 1. The maximum absolute atomic E-state index is 6.68. The lowest BCUT2D eigenvalue weighted by molar-refractivity contribution is 0.670. The molecule has 0 aliphatic carbocycles. The molecule has 0 radical (unpaired) electrons. The monoisotopic (exact) mass is 573 g/mol. The molecular weight excluding hydrogens is 550 g/mol. The van der Waals surface area contributed by atoms with E-state index >= 15 is 0 Å². The Morgan fingerprint density at radius 3 is 1.60 bits per heavy atom. The molecule has 0 atom stereocenters. The molecular formula is C41H23N3O. The molecule has 2 heterocycles. The number of rotatable bonds is 4. The fraction of sp³-hybridized carbons (Fsp3) is 0. The summed E-state index contributed by atoms with van der Waals surface area (Å²) < 4.78 is 6.68. The first-order valence-corrected chi connectivity index (χ1v) is 15.1. The molecule has 4 heteroatoms. The van der Waals surface area contributed by atoms with Gasteiger partial charge in [-0.05, 0) is 44.6 Å². The standard InChI is InChI=1S/C41H23N3O/c1-3-9-26(10-4-1)39-42-40(27-11-5-2-6-12-27)44-41(43-39)28-20-17-24(18-21-28)32-23-29-22-19-25-13-7-14-30-31-15-8-16-33-36(31)37(38(32)45-33)35(29)34(25)30/h1-23H. The number of nitrogens with zero attached hydrogens (tertiary/aromatic N) is 3. The highest BCUT2D eigenvalue weighted by Gasteiger charge is 2.23.